The minimum atomic E-state index is -0.00232. The van der Waals surface area contributed by atoms with E-state index in [9.17, 15) is 4.79 Å². The summed E-state index contributed by atoms with van der Waals surface area (Å²) in [6.07, 6.45) is 2.47. The van der Waals surface area contributed by atoms with Gasteiger partial charge in [-0.25, -0.2) is 4.98 Å². The van der Waals surface area contributed by atoms with E-state index in [0.29, 0.717) is 29.5 Å². The largest absolute Gasteiger partial charge is 0.441 e. The lowest BCUT2D eigenvalue weighted by molar-refractivity contribution is -0.121. The first-order valence-corrected chi connectivity index (χ1v) is 6.93. The van der Waals surface area contributed by atoms with Crippen LogP contribution in [0.5, 0.6) is 0 Å². The maximum absolute atomic E-state index is 11.6. The van der Waals surface area contributed by atoms with E-state index in [2.05, 4.69) is 10.3 Å². The molecule has 1 aromatic heterocycles. The Labute approximate surface area is 123 Å². The van der Waals surface area contributed by atoms with Crippen LogP contribution in [-0.2, 0) is 11.2 Å². The molecule has 0 fully saturated rings. The van der Waals surface area contributed by atoms with Crippen LogP contribution < -0.4 is 5.32 Å². The highest BCUT2D eigenvalue weighted by Gasteiger charge is 2.11. The van der Waals surface area contributed by atoms with Crippen LogP contribution in [0.15, 0.2) is 34.9 Å². The second-order valence-electron chi connectivity index (χ2n) is 4.82. The molecule has 1 aromatic carbocycles. The van der Waals surface area contributed by atoms with Crippen molar-refractivity contribution in [1.29, 1.82) is 0 Å². The van der Waals surface area contributed by atoms with E-state index in [0.717, 1.165) is 5.56 Å². The highest BCUT2D eigenvalue weighted by molar-refractivity contribution is 6.33. The van der Waals surface area contributed by atoms with Crippen molar-refractivity contribution < 1.29 is 9.21 Å². The number of hydrogen-bond acceptors (Lipinski definition) is 3. The van der Waals surface area contributed by atoms with Crippen LogP contribution in [0.4, 0.5) is 0 Å². The average molecular weight is 293 g/mol. The third-order valence-corrected chi connectivity index (χ3v) is 3.04. The smallest absolute Gasteiger partial charge is 0.220 e. The first-order chi connectivity index (χ1) is 9.56. The van der Waals surface area contributed by atoms with Crippen molar-refractivity contribution in [1.82, 2.24) is 10.3 Å². The number of hydrogen-bond donors (Lipinski definition) is 1. The van der Waals surface area contributed by atoms with Crippen molar-refractivity contribution in [3.63, 3.8) is 0 Å². The molecule has 0 aliphatic heterocycles. The molecule has 0 spiro atoms. The van der Waals surface area contributed by atoms with Gasteiger partial charge in [0, 0.05) is 24.4 Å². The zero-order valence-corrected chi connectivity index (χ0v) is 12.3. The lowest BCUT2D eigenvalue weighted by Gasteiger charge is -2.06. The van der Waals surface area contributed by atoms with Gasteiger partial charge in [0.05, 0.1) is 11.2 Å². The molecule has 1 amide bonds. The fourth-order valence-corrected chi connectivity index (χ4v) is 2.05. The lowest BCUT2D eigenvalue weighted by atomic mass is 10.2. The van der Waals surface area contributed by atoms with E-state index in [1.807, 2.05) is 32.0 Å². The number of nitrogens with one attached hydrogen (secondary N) is 1. The molecule has 20 heavy (non-hydrogen) atoms. The summed E-state index contributed by atoms with van der Waals surface area (Å²) in [5, 5.41) is 3.45. The quantitative estimate of drug-likeness (QED) is 0.918. The maximum Gasteiger partial charge on any atom is 0.220 e. The molecule has 5 heteroatoms. The topological polar surface area (TPSA) is 55.1 Å². The lowest BCUT2D eigenvalue weighted by Crippen LogP contribution is -2.30. The van der Waals surface area contributed by atoms with Gasteiger partial charge in [-0.05, 0) is 26.0 Å². The summed E-state index contributed by atoms with van der Waals surface area (Å²) < 4.78 is 5.63. The fraction of sp³-hybridized carbons (Fsp3) is 0.333. The molecule has 0 aliphatic carbocycles. The number of amides is 1. The maximum atomic E-state index is 11.6. The molecule has 106 valence electrons. The molecular weight excluding hydrogens is 276 g/mol. The Morgan fingerprint density at radius 1 is 1.40 bits per heavy atom. The highest BCUT2D eigenvalue weighted by atomic mass is 35.5. The molecule has 0 atom stereocenters. The summed E-state index contributed by atoms with van der Waals surface area (Å²) in [5.74, 6) is 1.16. The Morgan fingerprint density at radius 2 is 2.15 bits per heavy atom. The third-order valence-electron chi connectivity index (χ3n) is 2.71. The summed E-state index contributed by atoms with van der Waals surface area (Å²) in [6.45, 7) is 3.86. The number of rotatable bonds is 5. The fourth-order valence-electron chi connectivity index (χ4n) is 1.83. The van der Waals surface area contributed by atoms with E-state index < -0.39 is 0 Å². The van der Waals surface area contributed by atoms with Crippen LogP contribution >= 0.6 is 11.6 Å². The summed E-state index contributed by atoms with van der Waals surface area (Å²) in [7, 11) is 0. The molecule has 1 heterocycles. The van der Waals surface area contributed by atoms with Crippen molar-refractivity contribution >= 4 is 17.5 Å². The highest BCUT2D eigenvalue weighted by Crippen LogP contribution is 2.28. The number of nitrogens with zero attached hydrogens (tertiary/aromatic N) is 1. The molecular formula is C15H17ClN2O2. The van der Waals surface area contributed by atoms with Crippen molar-refractivity contribution in [2.24, 2.45) is 0 Å². The number of benzene rings is 1. The molecule has 4 nitrogen and oxygen atoms in total. The second-order valence-corrected chi connectivity index (χ2v) is 5.23. The Morgan fingerprint density at radius 3 is 2.85 bits per heavy atom. The number of halogens is 1. The second kappa shape index (κ2) is 6.57. The van der Waals surface area contributed by atoms with Crippen LogP contribution in [-0.4, -0.2) is 16.9 Å². The Kier molecular flexibility index (Phi) is 4.79. The Hall–Kier alpha value is -1.81. The van der Waals surface area contributed by atoms with Gasteiger partial charge in [0.1, 0.15) is 0 Å². The number of aromatic nitrogens is 1. The van der Waals surface area contributed by atoms with Gasteiger partial charge in [0.2, 0.25) is 5.91 Å². The number of carbonyl (C=O) groups is 1. The van der Waals surface area contributed by atoms with Gasteiger partial charge < -0.3 is 9.73 Å². The van der Waals surface area contributed by atoms with Gasteiger partial charge in [-0.15, -0.1) is 0 Å². The van der Waals surface area contributed by atoms with Crippen LogP contribution in [0.25, 0.3) is 11.3 Å². The minimum absolute atomic E-state index is 0.00232. The summed E-state index contributed by atoms with van der Waals surface area (Å²) in [4.78, 5) is 15.7. The molecule has 2 rings (SSSR count). The normalized spacial score (nSPS) is 10.8. The summed E-state index contributed by atoms with van der Waals surface area (Å²) in [5.41, 5.74) is 0.805. The van der Waals surface area contributed by atoms with Crippen LogP contribution in [0, 0.1) is 0 Å². The minimum Gasteiger partial charge on any atom is -0.441 e. The van der Waals surface area contributed by atoms with Gasteiger partial charge in [-0.1, -0.05) is 23.7 Å². The first-order valence-electron chi connectivity index (χ1n) is 6.55. The van der Waals surface area contributed by atoms with Crippen molar-refractivity contribution in [2.45, 2.75) is 32.7 Å². The average Bonchev–Trinajstić information content (AvgIpc) is 2.85. The number of carbonyl (C=O) groups excluding carboxylic acids is 1. The van der Waals surface area contributed by atoms with Crippen LogP contribution in [0.1, 0.15) is 26.2 Å². The molecule has 0 radical (unpaired) electrons. The molecule has 2 aromatic rings. The van der Waals surface area contributed by atoms with E-state index >= 15 is 0 Å². The van der Waals surface area contributed by atoms with Gasteiger partial charge in [0.25, 0.3) is 0 Å². The number of aryl methyl sites for hydroxylation is 1. The van der Waals surface area contributed by atoms with E-state index in [4.69, 9.17) is 16.0 Å². The zero-order valence-electron chi connectivity index (χ0n) is 11.5. The number of oxazole rings is 1. The molecule has 0 saturated carbocycles. The molecule has 1 N–H and O–H groups in total. The van der Waals surface area contributed by atoms with Crippen molar-refractivity contribution in [3.8, 4) is 11.3 Å². The van der Waals surface area contributed by atoms with Gasteiger partial charge in [-0.2, -0.15) is 0 Å². The third kappa shape index (κ3) is 3.84. The Balaban J connectivity index is 2.00. The van der Waals surface area contributed by atoms with Crippen molar-refractivity contribution in [2.75, 3.05) is 0 Å². The molecule has 0 bridgehead atoms. The summed E-state index contributed by atoms with van der Waals surface area (Å²) >= 11 is 6.10. The Bertz CT molecular complexity index is 593. The molecule has 0 unspecified atom stereocenters. The van der Waals surface area contributed by atoms with Crippen LogP contribution in [0.3, 0.4) is 0 Å². The van der Waals surface area contributed by atoms with E-state index in [1.54, 1.807) is 12.3 Å². The van der Waals surface area contributed by atoms with Gasteiger partial charge in [0.15, 0.2) is 11.7 Å². The van der Waals surface area contributed by atoms with Crippen molar-refractivity contribution in [3.05, 3.63) is 41.4 Å². The van der Waals surface area contributed by atoms with Crippen LogP contribution in [0.2, 0.25) is 5.02 Å². The first kappa shape index (κ1) is 14.6. The SMILES string of the molecule is CC(C)NC(=O)CCc1ncc(-c2ccccc2Cl)o1. The molecule has 0 aliphatic rings. The summed E-state index contributed by atoms with van der Waals surface area (Å²) in [6, 6.07) is 7.57. The van der Waals surface area contributed by atoms with Gasteiger partial charge in [-0.3, -0.25) is 4.79 Å². The predicted molar refractivity (Wildman–Crippen MR) is 78.5 cm³/mol. The monoisotopic (exact) mass is 292 g/mol. The predicted octanol–water partition coefficient (Wildman–Crippen LogP) is 3.45. The zero-order chi connectivity index (χ0) is 14.5. The van der Waals surface area contributed by atoms with E-state index in [-0.39, 0.29) is 11.9 Å². The molecule has 0 saturated heterocycles. The standard InChI is InChI=1S/C15H17ClN2O2/c1-10(2)18-14(19)7-8-15-17-9-13(20-15)11-5-3-4-6-12(11)16/h3-6,9-10H,7-8H2,1-2H3,(H,18,19). The van der Waals surface area contributed by atoms with Gasteiger partial charge >= 0.3 is 0 Å². The van der Waals surface area contributed by atoms with E-state index in [1.165, 1.54) is 0 Å².